The number of nitrogens with one attached hydrogen (secondary N) is 1. The van der Waals surface area contributed by atoms with E-state index in [1.807, 2.05) is 6.07 Å². The predicted octanol–water partition coefficient (Wildman–Crippen LogP) is 3.26. The topological polar surface area (TPSA) is 90.4 Å². The molecule has 0 spiro atoms. The average Bonchev–Trinajstić information content (AvgIpc) is 3.00. The van der Waals surface area contributed by atoms with E-state index in [0.29, 0.717) is 15.4 Å². The zero-order valence-electron chi connectivity index (χ0n) is 13.0. The SMILES string of the molecule is COc1ccc2nc(NC(=O)COC(=O)c3cncc(Br)c3)sc2c1. The number of carbonyl (C=O) groups excluding carboxylic acids is 2. The van der Waals surface area contributed by atoms with Gasteiger partial charge in [0.25, 0.3) is 5.91 Å². The van der Waals surface area contributed by atoms with E-state index in [4.69, 9.17) is 9.47 Å². The minimum Gasteiger partial charge on any atom is -0.497 e. The molecule has 0 fully saturated rings. The first-order valence-corrected chi connectivity index (χ1v) is 8.68. The number of amides is 1. The quantitative estimate of drug-likeness (QED) is 0.635. The smallest absolute Gasteiger partial charge is 0.340 e. The minimum atomic E-state index is -0.627. The van der Waals surface area contributed by atoms with Crippen LogP contribution in [0.25, 0.3) is 10.2 Å². The lowest BCUT2D eigenvalue weighted by molar-refractivity contribution is -0.119. The van der Waals surface area contributed by atoms with Gasteiger partial charge in [-0.05, 0) is 40.2 Å². The molecule has 128 valence electrons. The number of nitrogens with zero attached hydrogens (tertiary/aromatic N) is 2. The monoisotopic (exact) mass is 421 g/mol. The van der Waals surface area contributed by atoms with Gasteiger partial charge in [0, 0.05) is 16.9 Å². The molecule has 1 aromatic carbocycles. The summed E-state index contributed by atoms with van der Waals surface area (Å²) in [6.07, 6.45) is 2.91. The van der Waals surface area contributed by atoms with Crippen molar-refractivity contribution >= 4 is 54.5 Å². The maximum absolute atomic E-state index is 11.9. The van der Waals surface area contributed by atoms with Gasteiger partial charge in [-0.15, -0.1) is 0 Å². The molecule has 7 nitrogen and oxygen atoms in total. The van der Waals surface area contributed by atoms with Crippen LogP contribution in [-0.2, 0) is 9.53 Å². The molecule has 1 amide bonds. The fourth-order valence-corrected chi connectivity index (χ4v) is 3.25. The van der Waals surface area contributed by atoms with Gasteiger partial charge in [0.15, 0.2) is 11.7 Å². The van der Waals surface area contributed by atoms with Crippen molar-refractivity contribution in [2.45, 2.75) is 0 Å². The summed E-state index contributed by atoms with van der Waals surface area (Å²) < 4.78 is 11.7. The molecule has 0 aliphatic rings. The summed E-state index contributed by atoms with van der Waals surface area (Å²) in [6.45, 7) is -0.412. The number of halogens is 1. The number of carbonyl (C=O) groups is 2. The van der Waals surface area contributed by atoms with Crippen molar-refractivity contribution in [2.24, 2.45) is 0 Å². The van der Waals surface area contributed by atoms with Crippen LogP contribution in [0.4, 0.5) is 5.13 Å². The minimum absolute atomic E-state index is 0.259. The van der Waals surface area contributed by atoms with Gasteiger partial charge >= 0.3 is 5.97 Å². The third-order valence-electron chi connectivity index (χ3n) is 3.12. The summed E-state index contributed by atoms with van der Waals surface area (Å²) in [5, 5.41) is 3.04. The van der Waals surface area contributed by atoms with E-state index in [-0.39, 0.29) is 5.56 Å². The van der Waals surface area contributed by atoms with Gasteiger partial charge in [0.1, 0.15) is 5.75 Å². The van der Waals surface area contributed by atoms with E-state index >= 15 is 0 Å². The van der Waals surface area contributed by atoms with Gasteiger partial charge in [-0.3, -0.25) is 15.1 Å². The molecule has 9 heteroatoms. The number of ether oxygens (including phenoxy) is 2. The lowest BCUT2D eigenvalue weighted by Crippen LogP contribution is -2.20. The van der Waals surface area contributed by atoms with Gasteiger partial charge in [-0.1, -0.05) is 11.3 Å². The molecular formula is C16H12BrN3O4S. The molecule has 0 radical (unpaired) electrons. The summed E-state index contributed by atoms with van der Waals surface area (Å²) in [5.74, 6) is -0.383. The Morgan fingerprint density at radius 3 is 2.88 bits per heavy atom. The summed E-state index contributed by atoms with van der Waals surface area (Å²) in [4.78, 5) is 32.0. The molecule has 3 rings (SSSR count). The number of aromatic nitrogens is 2. The fraction of sp³-hybridized carbons (Fsp3) is 0.125. The standard InChI is InChI=1S/C16H12BrN3O4S/c1-23-11-2-3-12-13(5-11)25-16(19-12)20-14(21)8-24-15(22)9-4-10(17)7-18-6-9/h2-7H,8H2,1H3,(H,19,20,21). The number of methoxy groups -OCH3 is 1. The van der Waals surface area contributed by atoms with Crippen LogP contribution in [0, 0.1) is 0 Å². The van der Waals surface area contributed by atoms with Crippen molar-refractivity contribution < 1.29 is 19.1 Å². The molecule has 0 saturated carbocycles. The second kappa shape index (κ2) is 7.58. The molecule has 1 N–H and O–H groups in total. The first-order chi connectivity index (χ1) is 12.0. The van der Waals surface area contributed by atoms with E-state index in [0.717, 1.165) is 10.2 Å². The van der Waals surface area contributed by atoms with Crippen LogP contribution in [0.3, 0.4) is 0 Å². The fourth-order valence-electron chi connectivity index (χ4n) is 1.98. The Labute approximate surface area is 155 Å². The Morgan fingerprint density at radius 1 is 1.28 bits per heavy atom. The first-order valence-electron chi connectivity index (χ1n) is 7.07. The second-order valence-electron chi connectivity index (χ2n) is 4.87. The maximum atomic E-state index is 11.9. The van der Waals surface area contributed by atoms with Crippen molar-refractivity contribution in [3.63, 3.8) is 0 Å². The number of rotatable bonds is 5. The molecule has 2 aromatic heterocycles. The highest BCUT2D eigenvalue weighted by molar-refractivity contribution is 9.10. The van der Waals surface area contributed by atoms with E-state index in [1.165, 1.54) is 17.5 Å². The Kier molecular flexibility index (Phi) is 5.25. The number of fused-ring (bicyclic) bond motifs is 1. The number of thiazole rings is 1. The van der Waals surface area contributed by atoms with E-state index < -0.39 is 18.5 Å². The summed E-state index contributed by atoms with van der Waals surface area (Å²) >= 11 is 4.52. The number of esters is 1. The Hall–Kier alpha value is -2.52. The van der Waals surface area contributed by atoms with Crippen LogP contribution in [0.2, 0.25) is 0 Å². The summed E-state index contributed by atoms with van der Waals surface area (Å²) in [6, 6.07) is 7.00. The zero-order valence-corrected chi connectivity index (χ0v) is 15.4. The van der Waals surface area contributed by atoms with Crippen molar-refractivity contribution in [1.29, 1.82) is 0 Å². The van der Waals surface area contributed by atoms with Gasteiger partial charge in [0.2, 0.25) is 0 Å². The Bertz CT molecular complexity index is 944. The Morgan fingerprint density at radius 2 is 2.12 bits per heavy atom. The lowest BCUT2D eigenvalue weighted by Gasteiger charge is -2.04. The molecule has 3 aromatic rings. The van der Waals surface area contributed by atoms with Gasteiger partial charge in [-0.2, -0.15) is 0 Å². The largest absolute Gasteiger partial charge is 0.497 e. The van der Waals surface area contributed by atoms with E-state index in [9.17, 15) is 9.59 Å². The van der Waals surface area contributed by atoms with Gasteiger partial charge in [0.05, 0.1) is 22.9 Å². The van der Waals surface area contributed by atoms with Gasteiger partial charge in [-0.25, -0.2) is 9.78 Å². The average molecular weight is 422 g/mol. The van der Waals surface area contributed by atoms with E-state index in [2.05, 4.69) is 31.2 Å². The molecule has 0 unspecified atom stereocenters. The van der Waals surface area contributed by atoms with Crippen molar-refractivity contribution in [3.05, 3.63) is 46.7 Å². The van der Waals surface area contributed by atoms with Crippen molar-refractivity contribution in [2.75, 3.05) is 19.0 Å². The normalized spacial score (nSPS) is 10.5. The van der Waals surface area contributed by atoms with Crippen LogP contribution < -0.4 is 10.1 Å². The molecule has 0 aliphatic carbocycles. The highest BCUT2D eigenvalue weighted by atomic mass is 79.9. The summed E-state index contributed by atoms with van der Waals surface area (Å²) in [5.41, 5.74) is 1.01. The van der Waals surface area contributed by atoms with Crippen LogP contribution in [0.5, 0.6) is 5.75 Å². The second-order valence-corrected chi connectivity index (χ2v) is 6.82. The molecule has 0 bridgehead atoms. The molecular weight excluding hydrogens is 410 g/mol. The van der Waals surface area contributed by atoms with Crippen LogP contribution >= 0.6 is 27.3 Å². The van der Waals surface area contributed by atoms with Gasteiger partial charge < -0.3 is 9.47 Å². The number of anilines is 1. The first kappa shape index (κ1) is 17.3. The Balaban J connectivity index is 1.60. The lowest BCUT2D eigenvalue weighted by atomic mass is 10.3. The molecule has 0 atom stereocenters. The summed E-state index contributed by atoms with van der Waals surface area (Å²) in [7, 11) is 1.58. The highest BCUT2D eigenvalue weighted by Crippen LogP contribution is 2.29. The number of pyridine rings is 1. The molecule has 0 saturated heterocycles. The van der Waals surface area contributed by atoms with E-state index in [1.54, 1.807) is 31.5 Å². The number of benzene rings is 1. The molecule has 0 aliphatic heterocycles. The third kappa shape index (κ3) is 4.31. The maximum Gasteiger partial charge on any atom is 0.340 e. The van der Waals surface area contributed by atoms with Crippen molar-refractivity contribution in [1.82, 2.24) is 9.97 Å². The zero-order chi connectivity index (χ0) is 17.8. The third-order valence-corrected chi connectivity index (χ3v) is 4.48. The van der Waals surface area contributed by atoms with Crippen molar-refractivity contribution in [3.8, 4) is 5.75 Å². The predicted molar refractivity (Wildman–Crippen MR) is 97.0 cm³/mol. The molecule has 2 heterocycles. The number of hydrogen-bond donors (Lipinski definition) is 1. The van der Waals surface area contributed by atoms with Crippen LogP contribution in [-0.4, -0.2) is 35.6 Å². The van der Waals surface area contributed by atoms with Crippen LogP contribution in [0.1, 0.15) is 10.4 Å². The number of hydrogen-bond acceptors (Lipinski definition) is 7. The highest BCUT2D eigenvalue weighted by Gasteiger charge is 2.13. The molecule has 25 heavy (non-hydrogen) atoms. The van der Waals surface area contributed by atoms with Crippen LogP contribution in [0.15, 0.2) is 41.1 Å².